The molecule has 27 nitrogen and oxygen atoms in total. The Hall–Kier alpha value is -6.70. The smallest absolute Gasteiger partial charge is 0.329 e. The van der Waals surface area contributed by atoms with Crippen molar-refractivity contribution >= 4 is 58.5 Å². The molecule has 27 heteroatoms. The van der Waals surface area contributed by atoms with E-state index in [2.05, 4.69) is 6.92 Å². The van der Waals surface area contributed by atoms with Gasteiger partial charge >= 0.3 is 11.9 Å². The van der Waals surface area contributed by atoms with Crippen molar-refractivity contribution < 1.29 is 121 Å². The van der Waals surface area contributed by atoms with Gasteiger partial charge in [-0.15, -0.1) is 0 Å². The molecule has 732 valence electrons. The zero-order valence-corrected chi connectivity index (χ0v) is 81.8. The van der Waals surface area contributed by atoms with Crippen LogP contribution in [0.25, 0.3) is 0 Å². The number of hydrogen-bond acceptors (Lipinski definition) is 25. The number of methoxy groups -OCH3 is 6. The molecule has 0 aromatic carbocycles. The Kier molecular flexibility index (Phi) is 44.5. The van der Waals surface area contributed by atoms with Gasteiger partial charge in [0.15, 0.2) is 11.6 Å². The molecule has 2 saturated carbocycles. The molecule has 8 rings (SSSR count). The fourth-order valence-electron chi connectivity index (χ4n) is 20.5. The average Bonchev–Trinajstić information content (AvgIpc) is 0.774. The Morgan fingerprint density at radius 2 is 0.815 bits per heavy atom. The van der Waals surface area contributed by atoms with Gasteiger partial charge in [-0.2, -0.15) is 0 Å². The minimum Gasteiger partial charge on any atom is -0.460 e. The normalized spacial score (nSPS) is 40.4. The van der Waals surface area contributed by atoms with Crippen LogP contribution in [0.5, 0.6) is 0 Å². The van der Waals surface area contributed by atoms with Gasteiger partial charge in [-0.1, -0.05) is 149 Å². The molecule has 130 heavy (non-hydrogen) atoms. The van der Waals surface area contributed by atoms with Gasteiger partial charge < -0.3 is 82.7 Å². The predicted octanol–water partition coefficient (Wildman–Crippen LogP) is 13.6. The van der Waals surface area contributed by atoms with Crippen LogP contribution in [0, 0.1) is 76.9 Å². The lowest BCUT2D eigenvalue weighted by molar-refractivity contribution is -0.265. The first-order valence-electron chi connectivity index (χ1n) is 48.2. The number of carbonyl (C=O) groups is 10. The van der Waals surface area contributed by atoms with Gasteiger partial charge in [0.05, 0.1) is 42.7 Å². The number of carbonyl (C=O) groups excluding carboxylic acids is 10. The molecule has 5 N–H and O–H groups in total. The molecule has 0 aromatic heterocycles. The van der Waals surface area contributed by atoms with Gasteiger partial charge in [0.25, 0.3) is 23.4 Å². The molecule has 4 bridgehead atoms. The van der Waals surface area contributed by atoms with Crippen LogP contribution in [-0.2, 0) is 95.3 Å². The maximum absolute atomic E-state index is 14.4. The van der Waals surface area contributed by atoms with Crippen LogP contribution in [-0.4, -0.2) is 253 Å². The first-order chi connectivity index (χ1) is 61.5. The number of Topliss-reactive ketones (excluding diaryl/α,β-unsaturated/α-hetero) is 6. The van der Waals surface area contributed by atoms with Crippen molar-refractivity contribution in [3.8, 4) is 0 Å². The van der Waals surface area contributed by atoms with E-state index in [1.807, 2.05) is 116 Å². The third-order valence-corrected chi connectivity index (χ3v) is 29.3. The summed E-state index contributed by atoms with van der Waals surface area (Å²) in [4.78, 5) is 144. The molecule has 30 atom stereocenters. The van der Waals surface area contributed by atoms with E-state index in [-0.39, 0.29) is 110 Å². The maximum Gasteiger partial charge on any atom is 0.329 e. The maximum atomic E-state index is 14.4. The average molecular weight is 1830 g/mol. The number of esters is 2. The molecule has 2 amide bonds. The summed E-state index contributed by atoms with van der Waals surface area (Å²) in [6.45, 7) is 27.8. The van der Waals surface area contributed by atoms with Crippen molar-refractivity contribution in [3.63, 3.8) is 0 Å². The summed E-state index contributed by atoms with van der Waals surface area (Å²) < 4.78 is 59.1. The second kappa shape index (κ2) is 52.4. The number of aliphatic hydroxyl groups is 5. The van der Waals surface area contributed by atoms with Crippen LogP contribution >= 0.6 is 0 Å². The van der Waals surface area contributed by atoms with E-state index in [0.29, 0.717) is 120 Å². The zero-order chi connectivity index (χ0) is 96.3. The van der Waals surface area contributed by atoms with Crippen LogP contribution in [0.3, 0.4) is 0 Å². The molecule has 4 saturated heterocycles. The summed E-state index contributed by atoms with van der Waals surface area (Å²) in [5, 5.41) is 57.2. The molecule has 8 aliphatic rings. The Bertz CT molecular complexity index is 3760. The van der Waals surface area contributed by atoms with Crippen molar-refractivity contribution in [2.24, 2.45) is 76.9 Å². The van der Waals surface area contributed by atoms with E-state index < -0.39 is 162 Å². The van der Waals surface area contributed by atoms with Crippen molar-refractivity contribution in [2.45, 2.75) is 361 Å². The molecule has 2 aliphatic carbocycles. The summed E-state index contributed by atoms with van der Waals surface area (Å²) in [6, 6.07) is -2.25. The molecule has 6 unspecified atom stereocenters. The number of cyclic esters (lactones) is 2. The summed E-state index contributed by atoms with van der Waals surface area (Å²) >= 11 is 0. The van der Waals surface area contributed by atoms with Crippen LogP contribution in [0.15, 0.2) is 95.2 Å². The van der Waals surface area contributed by atoms with E-state index >= 15 is 0 Å². The van der Waals surface area contributed by atoms with E-state index in [4.69, 9.17) is 47.4 Å². The standard InChI is InChI=1S/C52H81NO12.C51H79NO13/c1-31-17-13-12-14-18-32(2)44(62-10)29-40-23-21-38(8)52(60,65-40)49(57)50(58)53-24-16-15-19-41(53)51(59)64-45(35(5)27-39-22-20-33(3)43(28-39)61-9)30-42(54)34(4)26-37(7)47(56)48(63-11)46(55)36(6)25-31;1-30-16-12-11-13-17-31(2)42(61-8)28-38-21-19-36(7)51(60,65-38)48(57)49(58)52-23-15-14-18-39(52)50(59)64-43(33(4)26-37-20-22-40(53)44(27-37)62-9)29-41(54)32(3)25-35(6)46(56)47(63-10)45(55)34(5)24-30/h12-14,17-18,26,31,33-36,38-41,43-45,47-48,56,60H,15-16,19-25,27-30H2,1-11H3;11-13,16-17,25,30,32-34,36-40,42-44,46-47,53,56,60H,14-15,18-24,26-29H2,1-10H3/b14-12+,17-13+,32-18+,37-26+;13-11+,16-12+,31-17+,35-25+/t31-,33?,34-,35-,36?,38-,39+,40+,41+,43-,44+,45+,47-,48?,52-;30-,32-,33-,34?,36-,37+,38+,39+,40?,42+,43+,44-,46-,47?,51-/m11/s1. The topological polar surface area (TPSA) is 371 Å². The molecular formula is C103H160N2O25. The lowest BCUT2D eigenvalue weighted by Crippen LogP contribution is -2.61. The van der Waals surface area contributed by atoms with E-state index in [1.165, 1.54) is 24.0 Å². The zero-order valence-electron chi connectivity index (χ0n) is 81.8. The molecule has 6 aliphatic heterocycles. The lowest BCUT2D eigenvalue weighted by Gasteiger charge is -2.42. The van der Waals surface area contributed by atoms with Gasteiger partial charge in [-0.25, -0.2) is 9.59 Å². The van der Waals surface area contributed by atoms with Gasteiger partial charge in [0.1, 0.15) is 60.3 Å². The SMILES string of the molecule is COC1C(=O)C(C)C[C@H](C)/C=C/C=C/C=C(\C)[C@@H](OC)C[C@@H]2CC[C@@H](C)[C@@](O)(O2)C(=O)C(=O)N2CCCC[C@H]2C(=O)O[C@H]([C@H](C)C[C@@H]2CCC(C)[C@H](OC)C2)CC(=O)[C@H](C)/C=C(\C)[C@H]1O.COC1C(=O)C(C)C[C@H](C)/C=C/C=C/C=C(\C)[C@@H](OC)C[C@@H]2CC[C@@H](C)[C@@](O)(O2)C(=O)C(=O)N2CCCC[C@H]2C(=O)O[C@H]([C@H](C)C[C@@H]2CCC(O)[C@H](OC)C2)CC(=O)[C@H](C)/C=C(\C)[C@H]1O. The van der Waals surface area contributed by atoms with Crippen LogP contribution < -0.4 is 0 Å². The first-order valence-corrected chi connectivity index (χ1v) is 48.2. The van der Waals surface area contributed by atoms with Crippen LogP contribution in [0.4, 0.5) is 0 Å². The van der Waals surface area contributed by atoms with Crippen molar-refractivity contribution in [2.75, 3.05) is 55.7 Å². The number of fused-ring (bicyclic) bond motifs is 6. The Labute approximate surface area is 774 Å². The van der Waals surface area contributed by atoms with E-state index in [1.54, 1.807) is 82.1 Å². The van der Waals surface area contributed by atoms with Crippen LogP contribution in [0.1, 0.15) is 258 Å². The van der Waals surface area contributed by atoms with E-state index in [0.717, 1.165) is 36.8 Å². The second-order valence-corrected chi connectivity index (χ2v) is 39.6. The number of amides is 2. The molecule has 0 spiro atoms. The highest BCUT2D eigenvalue weighted by Gasteiger charge is 2.56. The summed E-state index contributed by atoms with van der Waals surface area (Å²) in [5.74, 6) is -15.0. The number of ketones is 6. The number of nitrogens with zero attached hydrogens (tertiary/aromatic N) is 2. The third kappa shape index (κ3) is 30.1. The summed E-state index contributed by atoms with van der Waals surface area (Å²) in [6.07, 6.45) is 24.8. The molecule has 6 fully saturated rings. The lowest BCUT2D eigenvalue weighted by atomic mass is 9.76. The Morgan fingerprint density at radius 3 is 1.19 bits per heavy atom. The van der Waals surface area contributed by atoms with Crippen molar-refractivity contribution in [1.82, 2.24) is 9.80 Å². The van der Waals surface area contributed by atoms with Gasteiger partial charge in [0.2, 0.25) is 11.6 Å². The highest BCUT2D eigenvalue weighted by Crippen LogP contribution is 2.42. The van der Waals surface area contributed by atoms with Gasteiger partial charge in [-0.3, -0.25) is 38.4 Å². The summed E-state index contributed by atoms with van der Waals surface area (Å²) in [5.41, 5.74) is 2.57. The molecule has 6 heterocycles. The first kappa shape index (κ1) is 110. The molecule has 0 radical (unpaired) electrons. The minimum absolute atomic E-state index is 0.0193. The number of hydrogen-bond donors (Lipinski definition) is 5. The highest BCUT2D eigenvalue weighted by atomic mass is 16.6. The monoisotopic (exact) mass is 1830 g/mol. The Balaban J connectivity index is 0.000000356. The fourth-order valence-corrected chi connectivity index (χ4v) is 20.5. The number of allylic oxidation sites excluding steroid dienone is 12. The predicted molar refractivity (Wildman–Crippen MR) is 493 cm³/mol. The van der Waals surface area contributed by atoms with E-state index in [9.17, 15) is 73.5 Å². The van der Waals surface area contributed by atoms with Gasteiger partial charge in [0, 0.05) is 117 Å². The number of piperidine rings is 2. The minimum atomic E-state index is -2.43. The summed E-state index contributed by atoms with van der Waals surface area (Å²) in [7, 11) is 9.22. The van der Waals surface area contributed by atoms with Crippen molar-refractivity contribution in [3.05, 3.63) is 95.2 Å². The van der Waals surface area contributed by atoms with Crippen molar-refractivity contribution in [1.29, 1.82) is 0 Å². The van der Waals surface area contributed by atoms with Gasteiger partial charge in [-0.05, 0) is 220 Å². The number of aliphatic hydroxyl groups excluding tert-OH is 3. The second-order valence-electron chi connectivity index (χ2n) is 39.6. The number of rotatable bonds is 12. The molecular weight excluding hydrogens is 1670 g/mol. The quantitative estimate of drug-likeness (QED) is 0.0688. The largest absolute Gasteiger partial charge is 0.460 e. The van der Waals surface area contributed by atoms with Crippen LogP contribution in [0.2, 0.25) is 0 Å². The fraction of sp³-hybridized carbons (Fsp3) is 0.748. The highest BCUT2D eigenvalue weighted by molar-refractivity contribution is 6.39. The molecule has 0 aromatic rings. The number of ether oxygens (including phenoxy) is 10. The third-order valence-electron chi connectivity index (χ3n) is 29.3. The Morgan fingerprint density at radius 1 is 0.431 bits per heavy atom.